The van der Waals surface area contributed by atoms with Crippen molar-refractivity contribution < 1.29 is 4.74 Å². The summed E-state index contributed by atoms with van der Waals surface area (Å²) in [5.41, 5.74) is 2.86. The quantitative estimate of drug-likeness (QED) is 0.866. The number of aromatic nitrogens is 1. The van der Waals surface area contributed by atoms with Gasteiger partial charge in [-0.2, -0.15) is 5.26 Å². The molecule has 0 N–H and O–H groups in total. The van der Waals surface area contributed by atoms with Gasteiger partial charge in [-0.3, -0.25) is 4.90 Å². The summed E-state index contributed by atoms with van der Waals surface area (Å²) in [5.74, 6) is 0. The van der Waals surface area contributed by atoms with Gasteiger partial charge in [0.1, 0.15) is 11.8 Å². The molecule has 2 atom stereocenters. The molecule has 0 amide bonds. The molecule has 1 aromatic carbocycles. The molecular weight excluding hydrogens is 300 g/mol. The van der Waals surface area contributed by atoms with E-state index in [1.54, 1.807) is 12.3 Å². The van der Waals surface area contributed by atoms with E-state index >= 15 is 0 Å². The molecule has 1 aromatic heterocycles. The first-order valence-electron chi connectivity index (χ1n) is 8.34. The number of benzene rings is 1. The average Bonchev–Trinajstić information content (AvgIpc) is 3.08. The second-order valence-corrected chi connectivity index (χ2v) is 6.35. The fraction of sp³-hybridized carbons (Fsp3) is 0.368. The van der Waals surface area contributed by atoms with Crippen LogP contribution < -0.4 is 4.90 Å². The monoisotopic (exact) mass is 320 g/mol. The van der Waals surface area contributed by atoms with Crippen molar-refractivity contribution in [1.82, 2.24) is 9.88 Å². The summed E-state index contributed by atoms with van der Waals surface area (Å²) in [7, 11) is 0. The Labute approximate surface area is 142 Å². The molecule has 2 aliphatic rings. The number of nitrogens with zero attached hydrogens (tertiary/aromatic N) is 4. The molecule has 0 spiro atoms. The van der Waals surface area contributed by atoms with Crippen LogP contribution in [0.15, 0.2) is 48.7 Å². The van der Waals surface area contributed by atoms with E-state index in [1.165, 1.54) is 5.56 Å². The first-order chi connectivity index (χ1) is 11.8. The second-order valence-electron chi connectivity index (χ2n) is 6.35. The zero-order valence-corrected chi connectivity index (χ0v) is 13.5. The highest BCUT2D eigenvalue weighted by Gasteiger charge is 2.40. The lowest BCUT2D eigenvalue weighted by molar-refractivity contribution is -0.0499. The number of nitriles is 1. The van der Waals surface area contributed by atoms with E-state index < -0.39 is 0 Å². The third-order valence-electron chi connectivity index (χ3n) is 4.87. The molecule has 3 heterocycles. The highest BCUT2D eigenvalue weighted by Crippen LogP contribution is 2.28. The first kappa shape index (κ1) is 15.1. The van der Waals surface area contributed by atoms with Crippen molar-refractivity contribution in [3.8, 4) is 6.07 Å². The van der Waals surface area contributed by atoms with Crippen molar-refractivity contribution in [3.05, 3.63) is 59.9 Å². The van der Waals surface area contributed by atoms with Crippen LogP contribution in [-0.2, 0) is 11.3 Å². The number of pyridine rings is 1. The summed E-state index contributed by atoms with van der Waals surface area (Å²) in [5, 5.41) is 8.88. The third-order valence-corrected chi connectivity index (χ3v) is 4.87. The smallest absolute Gasteiger partial charge is 0.140 e. The largest absolute Gasteiger partial charge is 0.373 e. The van der Waals surface area contributed by atoms with Gasteiger partial charge in [0.05, 0.1) is 30.6 Å². The normalized spacial score (nSPS) is 23.7. The predicted octanol–water partition coefficient (Wildman–Crippen LogP) is 2.04. The summed E-state index contributed by atoms with van der Waals surface area (Å²) in [6.45, 7) is 4.53. The zero-order valence-electron chi connectivity index (χ0n) is 13.5. The van der Waals surface area contributed by atoms with Crippen LogP contribution in [0.4, 0.5) is 5.69 Å². The third kappa shape index (κ3) is 2.99. The van der Waals surface area contributed by atoms with Gasteiger partial charge in [-0.15, -0.1) is 0 Å². The Hall–Kier alpha value is -2.42. The molecule has 5 heteroatoms. The van der Waals surface area contributed by atoms with E-state index in [0.717, 1.165) is 38.5 Å². The maximum absolute atomic E-state index is 8.88. The average molecular weight is 320 g/mol. The highest BCUT2D eigenvalue weighted by atomic mass is 16.5. The Morgan fingerprint density at radius 2 is 2.04 bits per heavy atom. The van der Waals surface area contributed by atoms with Gasteiger partial charge in [0.15, 0.2) is 0 Å². The second kappa shape index (κ2) is 6.60. The fourth-order valence-electron chi connectivity index (χ4n) is 3.62. The highest BCUT2D eigenvalue weighted by molar-refractivity contribution is 5.48. The molecule has 4 rings (SSSR count). The van der Waals surface area contributed by atoms with E-state index in [2.05, 4.69) is 51.2 Å². The van der Waals surface area contributed by atoms with Gasteiger partial charge in [0, 0.05) is 26.2 Å². The lowest BCUT2D eigenvalue weighted by atomic mass is 10.1. The van der Waals surface area contributed by atoms with Gasteiger partial charge >= 0.3 is 0 Å². The molecule has 0 radical (unpaired) electrons. The molecule has 2 unspecified atom stereocenters. The van der Waals surface area contributed by atoms with Crippen molar-refractivity contribution in [2.45, 2.75) is 18.7 Å². The van der Waals surface area contributed by atoms with E-state index in [4.69, 9.17) is 10.00 Å². The topological polar surface area (TPSA) is 52.4 Å². The van der Waals surface area contributed by atoms with Crippen LogP contribution in [0, 0.1) is 11.3 Å². The van der Waals surface area contributed by atoms with Crippen LogP contribution >= 0.6 is 0 Å². The Kier molecular flexibility index (Phi) is 4.16. The Bertz CT molecular complexity index is 725. The minimum Gasteiger partial charge on any atom is -0.373 e. The number of fused-ring (bicyclic) bond motifs is 1. The zero-order chi connectivity index (χ0) is 16.4. The van der Waals surface area contributed by atoms with Crippen LogP contribution in [-0.4, -0.2) is 48.3 Å². The van der Waals surface area contributed by atoms with Crippen molar-refractivity contribution in [3.63, 3.8) is 0 Å². The van der Waals surface area contributed by atoms with Crippen molar-refractivity contribution in [2.24, 2.45) is 0 Å². The van der Waals surface area contributed by atoms with Gasteiger partial charge < -0.3 is 9.64 Å². The number of morpholine rings is 1. The molecule has 2 aliphatic heterocycles. The molecule has 24 heavy (non-hydrogen) atoms. The Balaban J connectivity index is 1.48. The molecule has 2 saturated heterocycles. The molecule has 2 aromatic rings. The predicted molar refractivity (Wildman–Crippen MR) is 91.5 cm³/mol. The van der Waals surface area contributed by atoms with Gasteiger partial charge in [-0.1, -0.05) is 30.3 Å². The van der Waals surface area contributed by atoms with Crippen LogP contribution in [0.2, 0.25) is 0 Å². The van der Waals surface area contributed by atoms with E-state index in [9.17, 15) is 0 Å². The summed E-state index contributed by atoms with van der Waals surface area (Å²) in [6.07, 6.45) is 2.02. The van der Waals surface area contributed by atoms with Gasteiger partial charge in [0.2, 0.25) is 0 Å². The molecule has 0 aliphatic carbocycles. The summed E-state index contributed by atoms with van der Waals surface area (Å²) in [4.78, 5) is 9.03. The number of anilines is 1. The van der Waals surface area contributed by atoms with Crippen molar-refractivity contribution in [1.29, 1.82) is 5.26 Å². The number of hydrogen-bond donors (Lipinski definition) is 0. The van der Waals surface area contributed by atoms with Crippen LogP contribution in [0.3, 0.4) is 0 Å². The van der Waals surface area contributed by atoms with E-state index in [-0.39, 0.29) is 6.10 Å². The first-order valence-corrected chi connectivity index (χ1v) is 8.34. The molecule has 2 fully saturated rings. The Morgan fingerprint density at radius 1 is 1.17 bits per heavy atom. The number of rotatable bonds is 3. The minimum atomic E-state index is 0.234. The summed E-state index contributed by atoms with van der Waals surface area (Å²) >= 11 is 0. The minimum absolute atomic E-state index is 0.234. The Morgan fingerprint density at radius 3 is 2.79 bits per heavy atom. The lowest BCUT2D eigenvalue weighted by Crippen LogP contribution is -2.50. The fourth-order valence-corrected chi connectivity index (χ4v) is 3.62. The maximum atomic E-state index is 8.88. The standard InChI is InChI=1S/C19H20N4O/c20-10-16-6-7-17(11-21-16)23-13-18-19(14-23)24-9-8-22(18)12-15-4-2-1-3-5-15/h1-7,11,18-19H,8-9,12-14H2. The molecule has 0 saturated carbocycles. The molecule has 5 nitrogen and oxygen atoms in total. The number of hydrogen-bond acceptors (Lipinski definition) is 5. The van der Waals surface area contributed by atoms with Gasteiger partial charge in [0.25, 0.3) is 0 Å². The summed E-state index contributed by atoms with van der Waals surface area (Å²) in [6, 6.07) is 16.8. The van der Waals surface area contributed by atoms with E-state index in [0.29, 0.717) is 11.7 Å². The van der Waals surface area contributed by atoms with Gasteiger partial charge in [-0.05, 0) is 17.7 Å². The van der Waals surface area contributed by atoms with Crippen LogP contribution in [0.1, 0.15) is 11.3 Å². The number of ether oxygens (including phenoxy) is 1. The maximum Gasteiger partial charge on any atom is 0.140 e. The summed E-state index contributed by atoms with van der Waals surface area (Å²) < 4.78 is 6.01. The van der Waals surface area contributed by atoms with E-state index in [1.807, 2.05) is 6.07 Å². The SMILES string of the molecule is N#Cc1ccc(N2CC3OCCN(Cc4ccccc4)C3C2)cn1. The van der Waals surface area contributed by atoms with Crippen LogP contribution in [0.25, 0.3) is 0 Å². The molecular formula is C19H20N4O. The van der Waals surface area contributed by atoms with Gasteiger partial charge in [-0.25, -0.2) is 4.98 Å². The molecule has 122 valence electrons. The molecule has 0 bridgehead atoms. The van der Waals surface area contributed by atoms with Crippen molar-refractivity contribution >= 4 is 5.69 Å². The van der Waals surface area contributed by atoms with Crippen molar-refractivity contribution in [2.75, 3.05) is 31.1 Å². The van der Waals surface area contributed by atoms with Crippen LogP contribution in [0.5, 0.6) is 0 Å². The lowest BCUT2D eigenvalue weighted by Gasteiger charge is -2.36.